The molecule has 0 atom stereocenters. The molecule has 1 N–H and O–H groups in total. The standard InChI is InChI=1S/C15H12BrCl2NO3/c1-21-11-4-2-3-10(7-11)19-14(20)8-22-15-12(16)5-9(17)6-13(15)18/h2-7H,8H2,1H3,(H,19,20). The van der Waals surface area contributed by atoms with Crippen molar-refractivity contribution in [3.63, 3.8) is 0 Å². The van der Waals surface area contributed by atoms with Crippen LogP contribution in [0.4, 0.5) is 5.69 Å². The number of carbonyl (C=O) groups excluding carboxylic acids is 1. The van der Waals surface area contributed by atoms with Crippen LogP contribution in [0.3, 0.4) is 0 Å². The van der Waals surface area contributed by atoms with Crippen molar-refractivity contribution in [3.8, 4) is 11.5 Å². The lowest BCUT2D eigenvalue weighted by Gasteiger charge is -2.11. The van der Waals surface area contributed by atoms with Crippen LogP contribution in [0.2, 0.25) is 10.0 Å². The van der Waals surface area contributed by atoms with E-state index in [1.165, 1.54) is 0 Å². The molecular weight excluding hydrogens is 393 g/mol. The number of rotatable bonds is 5. The van der Waals surface area contributed by atoms with E-state index in [1.54, 1.807) is 43.5 Å². The van der Waals surface area contributed by atoms with Gasteiger partial charge in [0.05, 0.1) is 16.6 Å². The molecule has 0 fully saturated rings. The molecule has 0 unspecified atom stereocenters. The summed E-state index contributed by atoms with van der Waals surface area (Å²) in [4.78, 5) is 11.9. The molecule has 0 aliphatic heterocycles. The van der Waals surface area contributed by atoms with E-state index in [0.29, 0.717) is 31.7 Å². The summed E-state index contributed by atoms with van der Waals surface area (Å²) in [5.41, 5.74) is 0.620. The van der Waals surface area contributed by atoms with Gasteiger partial charge in [-0.15, -0.1) is 0 Å². The number of nitrogens with one attached hydrogen (secondary N) is 1. The maximum absolute atomic E-state index is 11.9. The maximum atomic E-state index is 11.9. The summed E-state index contributed by atoms with van der Waals surface area (Å²) in [6.07, 6.45) is 0. The Morgan fingerprint density at radius 2 is 2.05 bits per heavy atom. The molecule has 2 aromatic carbocycles. The van der Waals surface area contributed by atoms with Gasteiger partial charge in [-0.1, -0.05) is 29.3 Å². The molecule has 0 bridgehead atoms. The van der Waals surface area contributed by atoms with Crippen molar-refractivity contribution in [2.24, 2.45) is 0 Å². The second kappa shape index (κ2) is 7.72. The number of hydrogen-bond acceptors (Lipinski definition) is 3. The first-order valence-corrected chi connectivity index (χ1v) is 7.75. The topological polar surface area (TPSA) is 47.6 Å². The van der Waals surface area contributed by atoms with Crippen LogP contribution in [-0.2, 0) is 4.79 Å². The molecule has 2 aromatic rings. The number of hydrogen-bond donors (Lipinski definition) is 1. The fourth-order valence-corrected chi connectivity index (χ4v) is 3.07. The SMILES string of the molecule is COc1cccc(NC(=O)COc2c(Cl)cc(Cl)cc2Br)c1. The number of methoxy groups -OCH3 is 1. The van der Waals surface area contributed by atoms with E-state index in [-0.39, 0.29) is 12.5 Å². The molecule has 0 radical (unpaired) electrons. The van der Waals surface area contributed by atoms with Crippen LogP contribution in [0, 0.1) is 0 Å². The molecule has 0 aliphatic carbocycles. The van der Waals surface area contributed by atoms with E-state index in [9.17, 15) is 4.79 Å². The van der Waals surface area contributed by atoms with Gasteiger partial charge in [0, 0.05) is 16.8 Å². The van der Waals surface area contributed by atoms with Crippen molar-refractivity contribution in [2.75, 3.05) is 19.0 Å². The van der Waals surface area contributed by atoms with Crippen molar-refractivity contribution in [1.29, 1.82) is 0 Å². The highest BCUT2D eigenvalue weighted by molar-refractivity contribution is 9.10. The molecule has 4 nitrogen and oxygen atoms in total. The Bertz CT molecular complexity index is 671. The zero-order chi connectivity index (χ0) is 16.1. The van der Waals surface area contributed by atoms with Crippen LogP contribution in [0.15, 0.2) is 40.9 Å². The Kier molecular flexibility index (Phi) is 5.94. The predicted octanol–water partition coefficient (Wildman–Crippen LogP) is 4.78. The molecule has 0 aromatic heterocycles. The van der Waals surface area contributed by atoms with Gasteiger partial charge < -0.3 is 14.8 Å². The number of anilines is 1. The van der Waals surface area contributed by atoms with E-state index in [1.807, 2.05) is 0 Å². The van der Waals surface area contributed by atoms with Crippen molar-refractivity contribution >= 4 is 50.7 Å². The number of benzene rings is 2. The third-order valence-corrected chi connectivity index (χ3v) is 3.75. The lowest BCUT2D eigenvalue weighted by molar-refractivity contribution is -0.118. The molecule has 2 rings (SSSR count). The minimum absolute atomic E-state index is 0.183. The Balaban J connectivity index is 1.98. The summed E-state index contributed by atoms with van der Waals surface area (Å²) in [5.74, 6) is 0.709. The van der Waals surface area contributed by atoms with Gasteiger partial charge in [0.25, 0.3) is 5.91 Å². The zero-order valence-corrected chi connectivity index (χ0v) is 14.6. The largest absolute Gasteiger partial charge is 0.497 e. The fourth-order valence-electron chi connectivity index (χ4n) is 1.70. The quantitative estimate of drug-likeness (QED) is 0.779. The van der Waals surface area contributed by atoms with Gasteiger partial charge in [-0.25, -0.2) is 0 Å². The van der Waals surface area contributed by atoms with Crippen LogP contribution in [-0.4, -0.2) is 19.6 Å². The van der Waals surface area contributed by atoms with Crippen LogP contribution in [0.1, 0.15) is 0 Å². The maximum Gasteiger partial charge on any atom is 0.262 e. The van der Waals surface area contributed by atoms with Crippen molar-refractivity contribution < 1.29 is 14.3 Å². The fraction of sp³-hybridized carbons (Fsp3) is 0.133. The third-order valence-electron chi connectivity index (χ3n) is 2.66. The van der Waals surface area contributed by atoms with Gasteiger partial charge in [-0.05, 0) is 40.2 Å². The Morgan fingerprint density at radius 1 is 1.27 bits per heavy atom. The third kappa shape index (κ3) is 4.53. The Hall–Kier alpha value is -1.43. The number of amides is 1. The average Bonchev–Trinajstić information content (AvgIpc) is 2.46. The normalized spacial score (nSPS) is 10.2. The molecular formula is C15H12BrCl2NO3. The predicted molar refractivity (Wildman–Crippen MR) is 91.3 cm³/mol. The van der Waals surface area contributed by atoms with Gasteiger partial charge in [0.1, 0.15) is 5.75 Å². The molecule has 0 saturated carbocycles. The lowest BCUT2D eigenvalue weighted by atomic mass is 10.3. The Morgan fingerprint density at radius 3 is 2.73 bits per heavy atom. The Labute approximate surface area is 146 Å². The summed E-state index contributed by atoms with van der Waals surface area (Å²) in [6, 6.07) is 10.2. The van der Waals surface area contributed by atoms with Crippen LogP contribution >= 0.6 is 39.1 Å². The summed E-state index contributed by atoms with van der Waals surface area (Å²) in [6.45, 7) is -0.183. The molecule has 0 spiro atoms. The van der Waals surface area contributed by atoms with Crippen LogP contribution in [0.5, 0.6) is 11.5 Å². The monoisotopic (exact) mass is 403 g/mol. The van der Waals surface area contributed by atoms with E-state index in [4.69, 9.17) is 32.7 Å². The van der Waals surface area contributed by atoms with Gasteiger partial charge in [0.2, 0.25) is 0 Å². The highest BCUT2D eigenvalue weighted by Crippen LogP contribution is 2.36. The van der Waals surface area contributed by atoms with Crippen molar-refractivity contribution in [2.45, 2.75) is 0 Å². The molecule has 7 heteroatoms. The number of halogens is 3. The highest BCUT2D eigenvalue weighted by atomic mass is 79.9. The number of carbonyl (C=O) groups is 1. The van der Waals surface area contributed by atoms with Gasteiger partial charge in [-0.2, -0.15) is 0 Å². The molecule has 0 saturated heterocycles. The van der Waals surface area contributed by atoms with Crippen molar-refractivity contribution in [3.05, 3.63) is 50.9 Å². The molecule has 22 heavy (non-hydrogen) atoms. The van der Waals surface area contributed by atoms with E-state index in [2.05, 4.69) is 21.2 Å². The summed E-state index contributed by atoms with van der Waals surface area (Å²) >= 11 is 15.2. The average molecular weight is 405 g/mol. The van der Waals surface area contributed by atoms with Gasteiger partial charge >= 0.3 is 0 Å². The zero-order valence-electron chi connectivity index (χ0n) is 11.5. The van der Waals surface area contributed by atoms with Crippen LogP contribution < -0.4 is 14.8 Å². The lowest BCUT2D eigenvalue weighted by Crippen LogP contribution is -2.20. The highest BCUT2D eigenvalue weighted by Gasteiger charge is 2.11. The number of ether oxygens (including phenoxy) is 2. The van der Waals surface area contributed by atoms with E-state index in [0.717, 1.165) is 0 Å². The van der Waals surface area contributed by atoms with E-state index < -0.39 is 0 Å². The second-order valence-electron chi connectivity index (χ2n) is 4.27. The second-order valence-corrected chi connectivity index (χ2v) is 5.97. The molecule has 116 valence electrons. The van der Waals surface area contributed by atoms with Crippen molar-refractivity contribution in [1.82, 2.24) is 0 Å². The van der Waals surface area contributed by atoms with Crippen LogP contribution in [0.25, 0.3) is 0 Å². The summed E-state index contributed by atoms with van der Waals surface area (Å²) in [7, 11) is 1.56. The first-order chi connectivity index (χ1) is 10.5. The summed E-state index contributed by atoms with van der Waals surface area (Å²) < 4.78 is 11.1. The smallest absolute Gasteiger partial charge is 0.262 e. The molecule has 1 amide bonds. The minimum atomic E-state index is -0.314. The van der Waals surface area contributed by atoms with E-state index >= 15 is 0 Å². The molecule has 0 heterocycles. The summed E-state index contributed by atoms with van der Waals surface area (Å²) in [5, 5.41) is 3.51. The molecule has 0 aliphatic rings. The minimum Gasteiger partial charge on any atom is -0.497 e. The first kappa shape index (κ1) is 16.9. The van der Waals surface area contributed by atoms with Gasteiger partial charge in [0.15, 0.2) is 12.4 Å². The van der Waals surface area contributed by atoms with Gasteiger partial charge in [-0.3, -0.25) is 4.79 Å². The first-order valence-electron chi connectivity index (χ1n) is 6.21.